The van der Waals surface area contributed by atoms with Crippen molar-refractivity contribution < 1.29 is 17.4 Å². The molecule has 6 aromatic carbocycles. The van der Waals surface area contributed by atoms with Gasteiger partial charge in [0.1, 0.15) is 22.7 Å². The predicted octanol–water partition coefficient (Wildman–Crippen LogP) is 10.2. The average molecular weight is 585 g/mol. The highest BCUT2D eigenvalue weighted by Gasteiger charge is 2.20. The third-order valence-corrected chi connectivity index (χ3v) is 9.77. The van der Waals surface area contributed by atoms with Gasteiger partial charge in [-0.1, -0.05) is 133 Å². The van der Waals surface area contributed by atoms with Crippen LogP contribution in [0.15, 0.2) is 166 Å². The first-order chi connectivity index (χ1) is 20.8. The van der Waals surface area contributed by atoms with Crippen LogP contribution in [0, 0.1) is 0 Å². The van der Waals surface area contributed by atoms with E-state index in [4.69, 9.17) is 17.4 Å². The summed E-state index contributed by atoms with van der Waals surface area (Å²) < 4.78 is 26.1. The van der Waals surface area contributed by atoms with Crippen molar-refractivity contribution in [2.75, 3.05) is 0 Å². The first-order valence-electron chi connectivity index (χ1n) is 13.6. The van der Waals surface area contributed by atoms with E-state index in [0.717, 1.165) is 49.4 Å². The maximum absolute atomic E-state index is 6.88. The van der Waals surface area contributed by atoms with Gasteiger partial charge in [-0.3, -0.25) is 0 Å². The molecule has 6 heteroatoms. The van der Waals surface area contributed by atoms with E-state index in [1.807, 2.05) is 103 Å². The van der Waals surface area contributed by atoms with Gasteiger partial charge in [0.25, 0.3) is 0 Å². The number of hydrogen-bond donors (Lipinski definition) is 0. The van der Waals surface area contributed by atoms with Crippen molar-refractivity contribution in [3.05, 3.63) is 158 Å². The molecule has 0 amide bonds. The number of hydrogen-bond acceptors (Lipinski definition) is 4. The lowest BCUT2D eigenvalue weighted by Gasteiger charge is -2.21. The normalized spacial score (nSPS) is 11.1. The minimum absolute atomic E-state index is 0.653. The van der Waals surface area contributed by atoms with E-state index < -0.39 is 16.4 Å². The van der Waals surface area contributed by atoms with Crippen LogP contribution >= 0.6 is 16.4 Å². The summed E-state index contributed by atoms with van der Waals surface area (Å²) in [5, 5.41) is 4.23. The zero-order valence-electron chi connectivity index (χ0n) is 22.5. The van der Waals surface area contributed by atoms with Crippen LogP contribution in [0.5, 0.6) is 11.5 Å². The Hall–Kier alpha value is -4.75. The predicted molar refractivity (Wildman–Crippen MR) is 174 cm³/mol. The highest BCUT2D eigenvalue weighted by molar-refractivity contribution is 7.68. The zero-order valence-corrected chi connectivity index (χ0v) is 24.3. The van der Waals surface area contributed by atoms with Crippen LogP contribution in [0.2, 0.25) is 0 Å². The Labute approximate surface area is 246 Å². The summed E-state index contributed by atoms with van der Waals surface area (Å²) in [6.45, 7) is 0. The van der Waals surface area contributed by atoms with Gasteiger partial charge in [-0.05, 0) is 24.3 Å². The zero-order chi connectivity index (χ0) is 28.1. The van der Waals surface area contributed by atoms with E-state index in [1.165, 1.54) is 0 Å². The summed E-state index contributed by atoms with van der Waals surface area (Å²) in [5.41, 5.74) is 3.28. The topological polar surface area (TPSA) is 44.7 Å². The molecule has 42 heavy (non-hydrogen) atoms. The summed E-state index contributed by atoms with van der Waals surface area (Å²) in [6, 6.07) is 52.7. The molecule has 4 nitrogen and oxygen atoms in total. The molecule has 0 saturated heterocycles. The van der Waals surface area contributed by atoms with Gasteiger partial charge in [-0.25, -0.2) is 0 Å². The standard InChI is InChI=1S/C36H26O4P2/c1-3-15-27(16-4-1)41(28-17-5-2-6-18-28)37-33-23-11-7-19-29(33)30-20-8-12-24-34(30)38-42-39-35-25-13-9-21-31(35)32-22-10-14-26-36(32)40-42/h1-26H. The number of fused-ring (bicyclic) bond motifs is 3. The van der Waals surface area contributed by atoms with Crippen molar-refractivity contribution in [2.45, 2.75) is 0 Å². The highest BCUT2D eigenvalue weighted by Crippen LogP contribution is 2.45. The fourth-order valence-corrected chi connectivity index (χ4v) is 7.67. The molecule has 0 aliphatic carbocycles. The van der Waals surface area contributed by atoms with Crippen molar-refractivity contribution >= 4 is 48.9 Å². The summed E-state index contributed by atoms with van der Waals surface area (Å²) in [7, 11) is -2.90. The van der Waals surface area contributed by atoms with E-state index in [9.17, 15) is 0 Å². The lowest BCUT2D eigenvalue weighted by Crippen LogP contribution is -2.15. The molecule has 0 aliphatic rings. The summed E-state index contributed by atoms with van der Waals surface area (Å²) in [6.07, 6.45) is 0. The fourth-order valence-electron chi connectivity index (χ4n) is 4.85. The second kappa shape index (κ2) is 12.0. The van der Waals surface area contributed by atoms with E-state index >= 15 is 0 Å². The molecule has 0 spiro atoms. The van der Waals surface area contributed by atoms with E-state index in [0.29, 0.717) is 5.75 Å². The number of benzene rings is 6. The molecule has 0 aliphatic heterocycles. The van der Waals surface area contributed by atoms with Gasteiger partial charge in [0.2, 0.25) is 0 Å². The molecular formula is C36H26O4P2. The van der Waals surface area contributed by atoms with Crippen molar-refractivity contribution in [2.24, 2.45) is 0 Å². The van der Waals surface area contributed by atoms with Crippen molar-refractivity contribution in [3.8, 4) is 22.6 Å². The first-order valence-corrected chi connectivity index (χ1v) is 16.0. The van der Waals surface area contributed by atoms with Crippen molar-refractivity contribution in [3.63, 3.8) is 0 Å². The largest absolute Gasteiger partial charge is 0.464 e. The van der Waals surface area contributed by atoms with Crippen molar-refractivity contribution in [1.29, 1.82) is 0 Å². The van der Waals surface area contributed by atoms with Crippen LogP contribution in [0.1, 0.15) is 0 Å². The van der Waals surface area contributed by atoms with Crippen LogP contribution in [0.4, 0.5) is 0 Å². The van der Waals surface area contributed by atoms with Crippen LogP contribution in [-0.2, 0) is 0 Å². The monoisotopic (exact) mass is 584 g/mol. The quantitative estimate of drug-likeness (QED) is 0.175. The van der Waals surface area contributed by atoms with Gasteiger partial charge < -0.3 is 17.4 Å². The Morgan fingerprint density at radius 2 is 0.857 bits per heavy atom. The molecule has 0 unspecified atom stereocenters. The molecule has 0 bridgehead atoms. The van der Waals surface area contributed by atoms with Gasteiger partial charge in [0.05, 0.1) is 0 Å². The Kier molecular flexibility index (Phi) is 7.48. The maximum atomic E-state index is 6.88. The molecule has 1 heterocycles. The minimum Gasteiger partial charge on any atom is -0.464 e. The smallest absolute Gasteiger partial charge is 0.453 e. The van der Waals surface area contributed by atoms with Crippen LogP contribution in [0.3, 0.4) is 0 Å². The van der Waals surface area contributed by atoms with Crippen LogP contribution in [-0.4, -0.2) is 0 Å². The second-order valence-electron chi connectivity index (χ2n) is 9.54. The van der Waals surface area contributed by atoms with E-state index in [1.54, 1.807) is 0 Å². The summed E-state index contributed by atoms with van der Waals surface area (Å²) in [5.74, 6) is 1.43. The van der Waals surface area contributed by atoms with Gasteiger partial charge in [0.15, 0.2) is 8.15 Å². The number of rotatable bonds is 7. The maximum Gasteiger partial charge on any atom is 0.453 e. The molecule has 0 saturated carbocycles. The second-order valence-corrected chi connectivity index (χ2v) is 12.3. The lowest BCUT2D eigenvalue weighted by atomic mass is 10.0. The third-order valence-electron chi connectivity index (χ3n) is 6.82. The van der Waals surface area contributed by atoms with E-state index in [2.05, 4.69) is 54.6 Å². The van der Waals surface area contributed by atoms with Gasteiger partial charge in [-0.2, -0.15) is 0 Å². The van der Waals surface area contributed by atoms with Gasteiger partial charge >= 0.3 is 8.24 Å². The summed E-state index contributed by atoms with van der Waals surface area (Å²) in [4.78, 5) is 0. The highest BCUT2D eigenvalue weighted by atomic mass is 31.1. The lowest BCUT2D eigenvalue weighted by molar-refractivity contribution is 0.499. The number of para-hydroxylation sites is 4. The minimum atomic E-state index is -1.79. The molecule has 0 atom stereocenters. The van der Waals surface area contributed by atoms with Gasteiger partial charge in [-0.15, -0.1) is 0 Å². The summed E-state index contributed by atoms with van der Waals surface area (Å²) >= 11 is 0. The van der Waals surface area contributed by atoms with Crippen molar-refractivity contribution in [1.82, 2.24) is 0 Å². The molecule has 0 radical (unpaired) electrons. The first kappa shape index (κ1) is 26.2. The Bertz CT molecular complexity index is 1910. The Morgan fingerprint density at radius 3 is 1.43 bits per heavy atom. The SMILES string of the molecule is c1ccc(P(Oc2ccccc2-c2ccccc2Op2oc3ccccc3c3ccccc3o2)c2ccccc2)cc1. The Morgan fingerprint density at radius 1 is 0.429 bits per heavy atom. The molecule has 0 N–H and O–H groups in total. The molecular weight excluding hydrogens is 558 g/mol. The molecule has 204 valence electrons. The molecule has 0 fully saturated rings. The molecule has 7 aromatic rings. The Balaban J connectivity index is 1.31. The van der Waals surface area contributed by atoms with Crippen LogP contribution < -0.4 is 19.7 Å². The molecule has 7 rings (SSSR count). The fraction of sp³-hybridized carbons (Fsp3) is 0. The van der Waals surface area contributed by atoms with Gasteiger partial charge in [0, 0.05) is 32.5 Å². The average Bonchev–Trinajstić information content (AvgIpc) is 3.21. The molecule has 1 aromatic heterocycles. The van der Waals surface area contributed by atoms with E-state index in [-0.39, 0.29) is 0 Å². The van der Waals surface area contributed by atoms with Crippen LogP contribution in [0.25, 0.3) is 33.1 Å². The third kappa shape index (κ3) is 5.43.